The molecule has 2 heterocycles. The van der Waals surface area contributed by atoms with Crippen LogP contribution in [0, 0.1) is 0 Å². The van der Waals surface area contributed by atoms with Gasteiger partial charge >= 0.3 is 0 Å². The molecular formula is C15H10O5. The summed E-state index contributed by atoms with van der Waals surface area (Å²) < 4.78 is 11.2. The lowest BCUT2D eigenvalue weighted by molar-refractivity contribution is -0.000615. The van der Waals surface area contributed by atoms with E-state index in [1.807, 2.05) is 0 Å². The van der Waals surface area contributed by atoms with Gasteiger partial charge in [-0.2, -0.15) is 0 Å². The first-order chi connectivity index (χ1) is 9.63. The van der Waals surface area contributed by atoms with Crippen molar-refractivity contribution in [3.63, 3.8) is 0 Å². The molecule has 0 spiro atoms. The van der Waals surface area contributed by atoms with E-state index in [9.17, 15) is 15.0 Å². The van der Waals surface area contributed by atoms with Crippen LogP contribution in [0.1, 0.15) is 21.8 Å². The second-order valence-corrected chi connectivity index (χ2v) is 4.85. The molecular weight excluding hydrogens is 260 g/mol. The second kappa shape index (κ2) is 3.66. The average molecular weight is 270 g/mol. The van der Waals surface area contributed by atoms with Gasteiger partial charge in [0.2, 0.25) is 0 Å². The summed E-state index contributed by atoms with van der Waals surface area (Å²) in [5, 5.41) is 18.9. The van der Waals surface area contributed by atoms with E-state index in [1.165, 1.54) is 24.3 Å². The first-order valence-electron chi connectivity index (χ1n) is 6.17. The molecule has 0 amide bonds. The minimum atomic E-state index is -0.756. The van der Waals surface area contributed by atoms with Gasteiger partial charge in [-0.25, -0.2) is 0 Å². The van der Waals surface area contributed by atoms with Crippen LogP contribution in [0.15, 0.2) is 36.4 Å². The molecule has 0 bridgehead atoms. The summed E-state index contributed by atoms with van der Waals surface area (Å²) >= 11 is 0. The molecule has 2 aromatic carbocycles. The van der Waals surface area contributed by atoms with Crippen molar-refractivity contribution in [3.8, 4) is 23.0 Å². The number of ether oxygens (including phenoxy) is 2. The summed E-state index contributed by atoms with van der Waals surface area (Å²) in [4.78, 5) is 12.6. The Hall–Kier alpha value is -2.69. The van der Waals surface area contributed by atoms with Gasteiger partial charge in [0.1, 0.15) is 28.9 Å². The Morgan fingerprint density at radius 2 is 1.55 bits per heavy atom. The maximum atomic E-state index is 12.6. The van der Waals surface area contributed by atoms with Gasteiger partial charge in [-0.05, 0) is 18.2 Å². The summed E-state index contributed by atoms with van der Waals surface area (Å²) in [7, 11) is 0. The zero-order valence-electron chi connectivity index (χ0n) is 10.2. The summed E-state index contributed by atoms with van der Waals surface area (Å²) in [5.41, 5.74) is 1.13. The highest BCUT2D eigenvalue weighted by atomic mass is 16.7. The van der Waals surface area contributed by atoms with Crippen LogP contribution in [-0.4, -0.2) is 22.3 Å². The van der Waals surface area contributed by atoms with E-state index in [4.69, 9.17) is 9.47 Å². The van der Waals surface area contributed by atoms with Gasteiger partial charge in [0.05, 0.1) is 5.56 Å². The number of hydrogen-bond acceptors (Lipinski definition) is 5. The molecule has 2 unspecified atom stereocenters. The molecule has 0 saturated carbocycles. The zero-order valence-corrected chi connectivity index (χ0v) is 10.2. The lowest BCUT2D eigenvalue weighted by atomic mass is 9.89. The van der Waals surface area contributed by atoms with E-state index in [0.717, 1.165) is 0 Å². The largest absolute Gasteiger partial charge is 0.508 e. The number of carbonyl (C=O) groups is 1. The van der Waals surface area contributed by atoms with Gasteiger partial charge in [-0.15, -0.1) is 0 Å². The molecule has 0 saturated heterocycles. The summed E-state index contributed by atoms with van der Waals surface area (Å²) in [6, 6.07) is 9.04. The Bertz CT molecular complexity index is 737. The number of hydrogen-bond donors (Lipinski definition) is 2. The highest BCUT2D eigenvalue weighted by Gasteiger charge is 2.46. The normalized spacial score (nSPS) is 22.3. The van der Waals surface area contributed by atoms with Gasteiger partial charge < -0.3 is 19.7 Å². The molecule has 5 heteroatoms. The number of ketones is 1. The Kier molecular flexibility index (Phi) is 2.04. The van der Waals surface area contributed by atoms with Crippen molar-refractivity contribution in [2.24, 2.45) is 0 Å². The van der Waals surface area contributed by atoms with Gasteiger partial charge in [0.25, 0.3) is 6.29 Å². The van der Waals surface area contributed by atoms with Gasteiger partial charge in [0, 0.05) is 17.7 Å². The van der Waals surface area contributed by atoms with Crippen molar-refractivity contribution in [3.05, 3.63) is 47.5 Å². The minimum Gasteiger partial charge on any atom is -0.508 e. The second-order valence-electron chi connectivity index (χ2n) is 4.85. The van der Waals surface area contributed by atoms with Crippen LogP contribution >= 0.6 is 0 Å². The number of rotatable bonds is 0. The van der Waals surface area contributed by atoms with E-state index in [2.05, 4.69) is 0 Å². The number of phenols is 2. The van der Waals surface area contributed by atoms with Gasteiger partial charge in [-0.1, -0.05) is 6.07 Å². The third-order valence-corrected chi connectivity index (χ3v) is 3.60. The van der Waals surface area contributed by atoms with Crippen LogP contribution in [0.3, 0.4) is 0 Å². The molecule has 0 aromatic heterocycles. The smallest absolute Gasteiger partial charge is 0.255 e. The molecule has 2 N–H and O–H groups in total. The van der Waals surface area contributed by atoms with Crippen molar-refractivity contribution < 1.29 is 24.5 Å². The molecule has 4 rings (SSSR count). The summed E-state index contributed by atoms with van der Waals surface area (Å²) in [5.74, 6) is 0.218. The van der Waals surface area contributed by atoms with Crippen molar-refractivity contribution in [2.75, 3.05) is 0 Å². The third-order valence-electron chi connectivity index (χ3n) is 3.60. The Labute approximate surface area is 114 Å². The van der Waals surface area contributed by atoms with Gasteiger partial charge in [0.15, 0.2) is 5.78 Å². The summed E-state index contributed by atoms with van der Waals surface area (Å²) in [6.45, 7) is 0. The predicted molar refractivity (Wildman–Crippen MR) is 68.3 cm³/mol. The Morgan fingerprint density at radius 3 is 2.35 bits per heavy atom. The molecule has 20 heavy (non-hydrogen) atoms. The highest BCUT2D eigenvalue weighted by molar-refractivity contribution is 6.05. The van der Waals surface area contributed by atoms with Crippen LogP contribution in [0.2, 0.25) is 0 Å². The first-order valence-corrected chi connectivity index (χ1v) is 6.17. The first kappa shape index (κ1) is 11.2. The SMILES string of the molecule is O=C1c2ccc(O)cc2OC2Oc3cc(O)ccc3C12. The van der Waals surface area contributed by atoms with Crippen molar-refractivity contribution >= 4 is 5.78 Å². The third kappa shape index (κ3) is 1.40. The number of aromatic hydroxyl groups is 2. The van der Waals surface area contributed by atoms with Crippen LogP contribution in [0.4, 0.5) is 0 Å². The lowest BCUT2D eigenvalue weighted by Gasteiger charge is -2.26. The Balaban J connectivity index is 1.84. The molecule has 0 fully saturated rings. The van der Waals surface area contributed by atoms with Crippen molar-refractivity contribution in [1.82, 2.24) is 0 Å². The predicted octanol–water partition coefficient (Wildman–Crippen LogP) is 2.18. The number of Topliss-reactive ketones (excluding diaryl/α,β-unsaturated/α-hetero) is 1. The summed E-state index contributed by atoms with van der Waals surface area (Å²) in [6.07, 6.45) is -0.756. The fraction of sp³-hybridized carbons (Fsp3) is 0.133. The zero-order chi connectivity index (χ0) is 13.9. The fourth-order valence-corrected chi connectivity index (χ4v) is 2.68. The lowest BCUT2D eigenvalue weighted by Crippen LogP contribution is -2.35. The number of phenolic OH excluding ortho intramolecular Hbond substituents is 2. The standard InChI is InChI=1S/C15H10O5/c16-7-1-3-9-11(5-7)19-15-13(9)14(18)10-4-2-8(17)6-12(10)20-15/h1-6,13,15-17H. The molecule has 2 aliphatic heterocycles. The van der Waals surface area contributed by atoms with E-state index in [-0.39, 0.29) is 17.3 Å². The maximum Gasteiger partial charge on any atom is 0.255 e. The number of carbonyl (C=O) groups excluding carboxylic acids is 1. The van der Waals surface area contributed by atoms with E-state index in [0.29, 0.717) is 22.6 Å². The molecule has 100 valence electrons. The van der Waals surface area contributed by atoms with Crippen molar-refractivity contribution in [1.29, 1.82) is 0 Å². The van der Waals surface area contributed by atoms with Gasteiger partial charge in [-0.3, -0.25) is 4.79 Å². The maximum absolute atomic E-state index is 12.6. The van der Waals surface area contributed by atoms with Crippen LogP contribution in [0.5, 0.6) is 23.0 Å². The van der Waals surface area contributed by atoms with E-state index in [1.54, 1.807) is 12.1 Å². The molecule has 2 aromatic rings. The monoisotopic (exact) mass is 270 g/mol. The average Bonchev–Trinajstić information content (AvgIpc) is 2.75. The molecule has 2 aliphatic rings. The molecule has 0 aliphatic carbocycles. The molecule has 2 atom stereocenters. The van der Waals surface area contributed by atoms with E-state index < -0.39 is 12.2 Å². The highest BCUT2D eigenvalue weighted by Crippen LogP contribution is 2.46. The number of fused-ring (bicyclic) bond motifs is 4. The van der Waals surface area contributed by atoms with E-state index >= 15 is 0 Å². The fourth-order valence-electron chi connectivity index (χ4n) is 2.68. The van der Waals surface area contributed by atoms with Crippen molar-refractivity contribution in [2.45, 2.75) is 12.2 Å². The van der Waals surface area contributed by atoms with Crippen LogP contribution in [0.25, 0.3) is 0 Å². The molecule has 0 radical (unpaired) electrons. The topological polar surface area (TPSA) is 76.0 Å². The molecule has 5 nitrogen and oxygen atoms in total. The van der Waals surface area contributed by atoms with Crippen LogP contribution in [-0.2, 0) is 0 Å². The Morgan fingerprint density at radius 1 is 0.900 bits per heavy atom. The minimum absolute atomic E-state index is 0.0307. The van der Waals surface area contributed by atoms with Crippen LogP contribution < -0.4 is 9.47 Å². The number of benzene rings is 2. The quantitative estimate of drug-likeness (QED) is 0.767.